The highest BCUT2D eigenvalue weighted by Crippen LogP contribution is 2.35. The lowest BCUT2D eigenvalue weighted by atomic mass is 9.73. The zero-order valence-corrected chi connectivity index (χ0v) is 16.4. The lowest BCUT2D eigenvalue weighted by Crippen LogP contribution is -2.52. The summed E-state index contributed by atoms with van der Waals surface area (Å²) in [7, 11) is 0. The number of nitrogens with one attached hydrogen (secondary N) is 1. The SMILES string of the molecule is CC(CNC(=O)C1(c2ccc(Br)cc2)CCOCC1)N1CCOCC1. The van der Waals surface area contributed by atoms with Crippen molar-refractivity contribution in [2.24, 2.45) is 0 Å². The van der Waals surface area contributed by atoms with E-state index in [-0.39, 0.29) is 5.91 Å². The number of ether oxygens (including phenoxy) is 2. The first kappa shape index (κ1) is 18.8. The van der Waals surface area contributed by atoms with Crippen LogP contribution in [0.15, 0.2) is 28.7 Å². The summed E-state index contributed by atoms with van der Waals surface area (Å²) in [4.78, 5) is 15.5. The van der Waals surface area contributed by atoms with Crippen LogP contribution in [0.2, 0.25) is 0 Å². The monoisotopic (exact) mass is 410 g/mol. The van der Waals surface area contributed by atoms with E-state index in [1.54, 1.807) is 0 Å². The number of nitrogens with zero attached hydrogens (tertiary/aromatic N) is 1. The average molecular weight is 411 g/mol. The van der Waals surface area contributed by atoms with E-state index in [2.05, 4.69) is 45.2 Å². The topological polar surface area (TPSA) is 50.8 Å². The van der Waals surface area contributed by atoms with Crippen molar-refractivity contribution >= 4 is 21.8 Å². The Balaban J connectivity index is 1.68. The predicted octanol–water partition coefficient (Wildman–Crippen LogP) is 2.33. The first-order chi connectivity index (χ1) is 12.1. The zero-order chi connectivity index (χ0) is 17.7. The van der Waals surface area contributed by atoms with Crippen LogP contribution >= 0.6 is 15.9 Å². The van der Waals surface area contributed by atoms with Crippen molar-refractivity contribution in [3.8, 4) is 0 Å². The first-order valence-electron chi connectivity index (χ1n) is 9.06. The largest absolute Gasteiger partial charge is 0.381 e. The van der Waals surface area contributed by atoms with Gasteiger partial charge in [-0.05, 0) is 37.5 Å². The van der Waals surface area contributed by atoms with E-state index >= 15 is 0 Å². The molecule has 2 saturated heterocycles. The Kier molecular flexibility index (Phi) is 6.49. The summed E-state index contributed by atoms with van der Waals surface area (Å²) in [6.07, 6.45) is 1.46. The molecular weight excluding hydrogens is 384 g/mol. The molecule has 1 aromatic rings. The smallest absolute Gasteiger partial charge is 0.230 e. The van der Waals surface area contributed by atoms with Gasteiger partial charge in [-0.25, -0.2) is 0 Å². The predicted molar refractivity (Wildman–Crippen MR) is 101 cm³/mol. The zero-order valence-electron chi connectivity index (χ0n) is 14.8. The minimum Gasteiger partial charge on any atom is -0.381 e. The standard InChI is InChI=1S/C19H27BrN2O3/c1-15(22-8-12-25-13-9-22)14-21-18(23)19(6-10-24-11-7-19)16-2-4-17(20)5-3-16/h2-5,15H,6-14H2,1H3,(H,21,23). The van der Waals surface area contributed by atoms with Gasteiger partial charge in [0.05, 0.1) is 18.6 Å². The van der Waals surface area contributed by atoms with E-state index in [0.29, 0.717) is 25.8 Å². The summed E-state index contributed by atoms with van der Waals surface area (Å²) in [5, 5.41) is 3.21. The van der Waals surface area contributed by atoms with Crippen molar-refractivity contribution in [2.75, 3.05) is 46.1 Å². The van der Waals surface area contributed by atoms with Gasteiger partial charge in [0.15, 0.2) is 0 Å². The summed E-state index contributed by atoms with van der Waals surface area (Å²) >= 11 is 3.48. The van der Waals surface area contributed by atoms with Crippen molar-refractivity contribution < 1.29 is 14.3 Å². The maximum Gasteiger partial charge on any atom is 0.230 e. The van der Waals surface area contributed by atoms with Crippen molar-refractivity contribution in [3.05, 3.63) is 34.3 Å². The number of hydrogen-bond donors (Lipinski definition) is 1. The van der Waals surface area contributed by atoms with Gasteiger partial charge in [0, 0.05) is 43.4 Å². The molecule has 2 fully saturated rings. The van der Waals surface area contributed by atoms with Gasteiger partial charge in [-0.1, -0.05) is 28.1 Å². The fourth-order valence-electron chi connectivity index (χ4n) is 3.69. The second-order valence-electron chi connectivity index (χ2n) is 6.91. The molecule has 1 N–H and O–H groups in total. The minimum absolute atomic E-state index is 0.123. The average Bonchev–Trinajstić information content (AvgIpc) is 2.67. The van der Waals surface area contributed by atoms with Crippen LogP contribution in [-0.4, -0.2) is 62.9 Å². The molecule has 3 rings (SSSR count). The molecule has 1 aromatic carbocycles. The molecule has 138 valence electrons. The van der Waals surface area contributed by atoms with Gasteiger partial charge < -0.3 is 14.8 Å². The maximum atomic E-state index is 13.2. The molecule has 0 radical (unpaired) electrons. The second-order valence-corrected chi connectivity index (χ2v) is 7.82. The highest BCUT2D eigenvalue weighted by atomic mass is 79.9. The molecule has 2 heterocycles. The van der Waals surface area contributed by atoms with E-state index < -0.39 is 5.41 Å². The molecular formula is C19H27BrN2O3. The number of morpholine rings is 1. The molecule has 2 aliphatic rings. The molecule has 2 aliphatic heterocycles. The molecule has 5 nitrogen and oxygen atoms in total. The van der Waals surface area contributed by atoms with E-state index in [0.717, 1.165) is 49.2 Å². The third-order valence-electron chi connectivity index (χ3n) is 5.40. The molecule has 0 saturated carbocycles. The highest BCUT2D eigenvalue weighted by molar-refractivity contribution is 9.10. The van der Waals surface area contributed by atoms with Gasteiger partial charge >= 0.3 is 0 Å². The molecule has 0 aromatic heterocycles. The van der Waals surface area contributed by atoms with Crippen LogP contribution in [0.5, 0.6) is 0 Å². The molecule has 25 heavy (non-hydrogen) atoms. The Morgan fingerprint density at radius 1 is 1.16 bits per heavy atom. The van der Waals surface area contributed by atoms with Gasteiger partial charge in [0.2, 0.25) is 5.91 Å². The second kappa shape index (κ2) is 8.62. The molecule has 1 amide bonds. The van der Waals surface area contributed by atoms with Gasteiger partial charge in [-0.2, -0.15) is 0 Å². The summed E-state index contributed by atoms with van der Waals surface area (Å²) in [6, 6.07) is 8.45. The number of benzene rings is 1. The van der Waals surface area contributed by atoms with Crippen LogP contribution in [0.25, 0.3) is 0 Å². The Morgan fingerprint density at radius 3 is 2.40 bits per heavy atom. The van der Waals surface area contributed by atoms with Crippen molar-refractivity contribution in [3.63, 3.8) is 0 Å². The minimum atomic E-state index is -0.482. The summed E-state index contributed by atoms with van der Waals surface area (Å²) < 4.78 is 12.0. The Bertz CT molecular complexity index is 567. The van der Waals surface area contributed by atoms with Crippen LogP contribution in [0.4, 0.5) is 0 Å². The first-order valence-corrected chi connectivity index (χ1v) is 9.85. The van der Waals surface area contributed by atoms with Crippen molar-refractivity contribution in [2.45, 2.75) is 31.2 Å². The highest BCUT2D eigenvalue weighted by Gasteiger charge is 2.41. The fraction of sp³-hybridized carbons (Fsp3) is 0.632. The van der Waals surface area contributed by atoms with Crippen LogP contribution in [0.3, 0.4) is 0 Å². The molecule has 1 unspecified atom stereocenters. The van der Waals surface area contributed by atoms with Crippen molar-refractivity contribution in [1.29, 1.82) is 0 Å². The maximum absolute atomic E-state index is 13.2. The normalized spacial score (nSPS) is 22.3. The molecule has 0 bridgehead atoms. The van der Waals surface area contributed by atoms with E-state index in [1.807, 2.05) is 12.1 Å². The van der Waals surface area contributed by atoms with Crippen molar-refractivity contribution in [1.82, 2.24) is 10.2 Å². The van der Waals surface area contributed by atoms with E-state index in [1.165, 1.54) is 0 Å². The van der Waals surface area contributed by atoms with Crippen LogP contribution < -0.4 is 5.32 Å². The summed E-state index contributed by atoms with van der Waals surface area (Å²) in [5.74, 6) is 0.123. The van der Waals surface area contributed by atoms with E-state index in [9.17, 15) is 4.79 Å². The number of rotatable bonds is 5. The van der Waals surface area contributed by atoms with Gasteiger partial charge in [0.25, 0.3) is 0 Å². The fourth-order valence-corrected chi connectivity index (χ4v) is 3.96. The third-order valence-corrected chi connectivity index (χ3v) is 5.93. The molecule has 0 spiro atoms. The molecule has 0 aliphatic carbocycles. The Morgan fingerprint density at radius 2 is 1.76 bits per heavy atom. The van der Waals surface area contributed by atoms with Gasteiger partial charge in [0.1, 0.15) is 0 Å². The summed E-state index contributed by atoms with van der Waals surface area (Å²) in [6.45, 7) is 7.51. The number of amides is 1. The van der Waals surface area contributed by atoms with E-state index in [4.69, 9.17) is 9.47 Å². The number of halogens is 1. The number of carbonyl (C=O) groups is 1. The quantitative estimate of drug-likeness (QED) is 0.808. The van der Waals surface area contributed by atoms with Gasteiger partial charge in [-0.15, -0.1) is 0 Å². The number of hydrogen-bond acceptors (Lipinski definition) is 4. The summed E-state index contributed by atoms with van der Waals surface area (Å²) in [5.41, 5.74) is 0.597. The molecule has 1 atom stereocenters. The lowest BCUT2D eigenvalue weighted by molar-refractivity contribution is -0.130. The Labute approximate surface area is 158 Å². The Hall–Kier alpha value is -0.950. The van der Waals surface area contributed by atoms with Crippen LogP contribution in [0.1, 0.15) is 25.3 Å². The third kappa shape index (κ3) is 4.42. The van der Waals surface area contributed by atoms with Crippen LogP contribution in [-0.2, 0) is 19.7 Å². The molecule has 6 heteroatoms. The number of carbonyl (C=O) groups excluding carboxylic acids is 1. The van der Waals surface area contributed by atoms with Gasteiger partial charge in [-0.3, -0.25) is 9.69 Å². The van der Waals surface area contributed by atoms with Crippen LogP contribution in [0, 0.1) is 0 Å². The lowest BCUT2D eigenvalue weighted by Gasteiger charge is -2.37.